The Bertz CT molecular complexity index is 816. The van der Waals surface area contributed by atoms with Crippen molar-refractivity contribution in [2.75, 3.05) is 18.0 Å². The van der Waals surface area contributed by atoms with Crippen LogP contribution in [0.2, 0.25) is 0 Å². The highest BCUT2D eigenvalue weighted by molar-refractivity contribution is 5.89. The molecule has 5 heteroatoms. The number of aliphatic imine (C=N–C) groups is 1. The summed E-state index contributed by atoms with van der Waals surface area (Å²) in [4.78, 5) is 9.42. The molecule has 3 heterocycles. The van der Waals surface area contributed by atoms with Gasteiger partial charge in [0.05, 0.1) is 11.4 Å². The van der Waals surface area contributed by atoms with Gasteiger partial charge in [0.2, 0.25) is 0 Å². The van der Waals surface area contributed by atoms with Gasteiger partial charge in [0.1, 0.15) is 11.7 Å². The van der Waals surface area contributed by atoms with Crippen LogP contribution in [0, 0.1) is 0 Å². The predicted octanol–water partition coefficient (Wildman–Crippen LogP) is 5.09. The number of rotatable bonds is 1. The molecule has 25 heavy (non-hydrogen) atoms. The van der Waals surface area contributed by atoms with E-state index in [1.807, 2.05) is 24.3 Å². The Labute approximate surface area is 153 Å². The molecule has 0 spiro atoms. The molecule has 0 fully saturated rings. The number of para-hydroxylation sites is 4. The van der Waals surface area contributed by atoms with Crippen LogP contribution < -0.4 is 9.64 Å². The summed E-state index contributed by atoms with van der Waals surface area (Å²) in [5.74, 6) is 4.23. The van der Waals surface area contributed by atoms with Gasteiger partial charge in [-0.15, -0.1) is 12.4 Å². The largest absolute Gasteiger partial charge is 0.453 e. The highest BCUT2D eigenvalue weighted by Crippen LogP contribution is 2.49. The van der Waals surface area contributed by atoms with E-state index in [-0.39, 0.29) is 12.4 Å². The molecule has 4 nitrogen and oxygen atoms in total. The topological polar surface area (TPSA) is 28.1 Å². The minimum absolute atomic E-state index is 0. The van der Waals surface area contributed by atoms with Gasteiger partial charge in [-0.2, -0.15) is 0 Å². The Morgan fingerprint density at radius 3 is 2.24 bits per heavy atom. The van der Waals surface area contributed by atoms with Gasteiger partial charge in [0.25, 0.3) is 0 Å². The molecule has 0 unspecified atom stereocenters. The fraction of sp³-hybridized carbons (Fsp3) is 0.250. The number of halogens is 1. The van der Waals surface area contributed by atoms with Crippen molar-refractivity contribution in [1.82, 2.24) is 4.90 Å². The van der Waals surface area contributed by atoms with Crippen LogP contribution in [0.1, 0.15) is 19.3 Å². The summed E-state index contributed by atoms with van der Waals surface area (Å²) in [6, 6.07) is 16.5. The second kappa shape index (κ2) is 6.45. The minimum atomic E-state index is 0. The van der Waals surface area contributed by atoms with Crippen LogP contribution in [0.5, 0.6) is 11.5 Å². The van der Waals surface area contributed by atoms with Crippen molar-refractivity contribution in [1.29, 1.82) is 0 Å². The second-order valence-corrected chi connectivity index (χ2v) is 6.28. The maximum absolute atomic E-state index is 6.11. The zero-order valence-corrected chi connectivity index (χ0v) is 14.7. The number of fused-ring (bicyclic) bond motifs is 2. The lowest BCUT2D eigenvalue weighted by Crippen LogP contribution is -2.35. The normalized spacial score (nSPS) is 17.9. The van der Waals surface area contributed by atoms with Gasteiger partial charge in [-0.05, 0) is 43.2 Å². The third kappa shape index (κ3) is 2.57. The lowest BCUT2D eigenvalue weighted by molar-refractivity contribution is 0.467. The first-order valence-electron chi connectivity index (χ1n) is 8.59. The molecule has 3 aliphatic heterocycles. The van der Waals surface area contributed by atoms with Crippen molar-refractivity contribution in [3.63, 3.8) is 0 Å². The number of anilines is 2. The molecular formula is C20H20ClN3O. The number of hydrogen-bond acceptors (Lipinski definition) is 4. The maximum Gasteiger partial charge on any atom is 0.151 e. The van der Waals surface area contributed by atoms with E-state index in [4.69, 9.17) is 9.73 Å². The Balaban J connectivity index is 0.00000157. The molecule has 0 saturated carbocycles. The molecule has 0 saturated heterocycles. The van der Waals surface area contributed by atoms with E-state index in [0.29, 0.717) is 0 Å². The van der Waals surface area contributed by atoms with E-state index in [9.17, 15) is 0 Å². The van der Waals surface area contributed by atoms with Crippen molar-refractivity contribution in [2.45, 2.75) is 19.3 Å². The van der Waals surface area contributed by atoms with Crippen molar-refractivity contribution in [2.24, 2.45) is 4.99 Å². The number of hydrogen-bond donors (Lipinski definition) is 0. The lowest BCUT2D eigenvalue weighted by Gasteiger charge is -2.37. The van der Waals surface area contributed by atoms with Crippen molar-refractivity contribution in [3.05, 3.63) is 60.4 Å². The highest BCUT2D eigenvalue weighted by Gasteiger charge is 2.32. The fourth-order valence-electron chi connectivity index (χ4n) is 3.72. The Morgan fingerprint density at radius 2 is 1.60 bits per heavy atom. The molecule has 128 valence electrons. The summed E-state index contributed by atoms with van der Waals surface area (Å²) in [7, 11) is 0. The summed E-state index contributed by atoms with van der Waals surface area (Å²) in [6.07, 6.45) is 5.61. The van der Waals surface area contributed by atoms with Crippen LogP contribution in [0.3, 0.4) is 0 Å². The minimum Gasteiger partial charge on any atom is -0.453 e. The summed E-state index contributed by atoms with van der Waals surface area (Å²) in [6.45, 7) is 1.96. The molecule has 0 radical (unpaired) electrons. The Morgan fingerprint density at radius 1 is 0.920 bits per heavy atom. The van der Waals surface area contributed by atoms with Crippen LogP contribution in [0.4, 0.5) is 11.4 Å². The zero-order chi connectivity index (χ0) is 15.9. The van der Waals surface area contributed by atoms with Crippen molar-refractivity contribution in [3.8, 4) is 11.5 Å². The highest BCUT2D eigenvalue weighted by atomic mass is 35.5. The molecule has 0 aliphatic carbocycles. The smallest absolute Gasteiger partial charge is 0.151 e. The molecule has 0 atom stereocenters. The van der Waals surface area contributed by atoms with Gasteiger partial charge < -0.3 is 9.64 Å². The molecule has 0 N–H and O–H groups in total. The molecule has 2 aromatic carbocycles. The van der Waals surface area contributed by atoms with Crippen molar-refractivity contribution < 1.29 is 4.74 Å². The van der Waals surface area contributed by atoms with E-state index in [1.165, 1.54) is 11.7 Å². The summed E-state index contributed by atoms with van der Waals surface area (Å²) >= 11 is 0. The molecular weight excluding hydrogens is 334 g/mol. The quantitative estimate of drug-likeness (QED) is 0.714. The molecule has 5 rings (SSSR count). The van der Waals surface area contributed by atoms with Crippen LogP contribution >= 0.6 is 12.4 Å². The van der Waals surface area contributed by atoms with E-state index >= 15 is 0 Å². The third-order valence-electron chi connectivity index (χ3n) is 4.78. The van der Waals surface area contributed by atoms with E-state index < -0.39 is 0 Å². The summed E-state index contributed by atoms with van der Waals surface area (Å²) in [5, 5.41) is 0. The van der Waals surface area contributed by atoms with E-state index in [0.717, 1.165) is 55.2 Å². The molecule has 3 aliphatic rings. The number of ether oxygens (including phenoxy) is 1. The summed E-state index contributed by atoms with van der Waals surface area (Å²) < 4.78 is 6.11. The van der Waals surface area contributed by atoms with Gasteiger partial charge in [0.15, 0.2) is 11.5 Å². The van der Waals surface area contributed by atoms with Gasteiger partial charge >= 0.3 is 0 Å². The first kappa shape index (κ1) is 16.0. The molecule has 0 aromatic heterocycles. The molecule has 0 bridgehead atoms. The van der Waals surface area contributed by atoms with E-state index in [2.05, 4.69) is 40.1 Å². The Hall–Kier alpha value is -2.46. The van der Waals surface area contributed by atoms with Gasteiger partial charge in [0, 0.05) is 19.5 Å². The van der Waals surface area contributed by atoms with Crippen molar-refractivity contribution >= 4 is 29.6 Å². The molecule has 2 aromatic rings. The average molecular weight is 354 g/mol. The number of benzene rings is 2. The van der Waals surface area contributed by atoms with Crippen LogP contribution in [-0.4, -0.2) is 23.8 Å². The standard InChI is InChI=1S/C20H19N3O.ClH/c1-3-9-17-15(7-1)23(16-8-2-4-10-18(16)24-17)20-12-6-14-22(20)19-11-5-13-21-19;/h1-4,7-10,12H,5-6,11,13-14H2;1H. The second-order valence-electron chi connectivity index (χ2n) is 6.28. The number of nitrogens with zero attached hydrogens (tertiary/aromatic N) is 3. The first-order valence-corrected chi connectivity index (χ1v) is 8.59. The fourth-order valence-corrected chi connectivity index (χ4v) is 3.72. The van der Waals surface area contributed by atoms with Crippen LogP contribution in [0.15, 0.2) is 65.4 Å². The van der Waals surface area contributed by atoms with Gasteiger partial charge in [-0.3, -0.25) is 9.89 Å². The predicted molar refractivity (Wildman–Crippen MR) is 103 cm³/mol. The monoisotopic (exact) mass is 353 g/mol. The maximum atomic E-state index is 6.11. The number of amidine groups is 1. The van der Waals surface area contributed by atoms with Gasteiger partial charge in [-0.25, -0.2) is 0 Å². The van der Waals surface area contributed by atoms with Gasteiger partial charge in [-0.1, -0.05) is 24.3 Å². The first-order chi connectivity index (χ1) is 11.9. The van der Waals surface area contributed by atoms with E-state index in [1.54, 1.807) is 0 Å². The Kier molecular flexibility index (Phi) is 4.14. The zero-order valence-electron chi connectivity index (χ0n) is 13.9. The average Bonchev–Trinajstić information content (AvgIpc) is 3.30. The summed E-state index contributed by atoms with van der Waals surface area (Å²) in [5.41, 5.74) is 2.18. The van der Waals surface area contributed by atoms with Crippen LogP contribution in [0.25, 0.3) is 0 Å². The lowest BCUT2D eigenvalue weighted by atomic mass is 10.1. The SMILES string of the molecule is C1=C(N2c3ccccc3Oc3ccccc32)N(C2=NCCC2)CC1.Cl. The molecule has 0 amide bonds. The van der Waals surface area contributed by atoms with Crippen LogP contribution in [-0.2, 0) is 0 Å². The third-order valence-corrected chi connectivity index (χ3v) is 4.78.